The summed E-state index contributed by atoms with van der Waals surface area (Å²) in [5.74, 6) is 2.52. The van der Waals surface area contributed by atoms with E-state index in [0.717, 1.165) is 37.3 Å². The quantitative estimate of drug-likeness (QED) is 0.888. The molecule has 2 atom stereocenters. The first-order valence-electron chi connectivity index (χ1n) is 7.26. The van der Waals surface area contributed by atoms with Crippen LogP contribution in [-0.2, 0) is 0 Å². The summed E-state index contributed by atoms with van der Waals surface area (Å²) in [5.41, 5.74) is 2.43. The van der Waals surface area contributed by atoms with Crippen LogP contribution in [0.25, 0.3) is 11.4 Å². The minimum atomic E-state index is 0.566. The lowest BCUT2D eigenvalue weighted by atomic mass is 9.92. The van der Waals surface area contributed by atoms with E-state index < -0.39 is 0 Å². The Morgan fingerprint density at radius 3 is 3.15 bits per heavy atom. The van der Waals surface area contributed by atoms with Gasteiger partial charge in [0.15, 0.2) is 5.82 Å². The van der Waals surface area contributed by atoms with Gasteiger partial charge in [-0.05, 0) is 36.6 Å². The van der Waals surface area contributed by atoms with Crippen molar-refractivity contribution < 1.29 is 0 Å². The molecular weight excluding hydrogens is 270 g/mol. The first-order valence-corrected chi connectivity index (χ1v) is 8.20. The fourth-order valence-electron chi connectivity index (χ4n) is 3.42. The number of hydrogen-bond donors (Lipinski definition) is 2. The molecule has 0 saturated carbocycles. The highest BCUT2D eigenvalue weighted by Crippen LogP contribution is 2.30. The highest BCUT2D eigenvalue weighted by Gasteiger charge is 2.36. The summed E-state index contributed by atoms with van der Waals surface area (Å²) in [5, 5.41) is 15.4. The standard InChI is InChI=1S/C14H19N5S/c1-9-7-20-8-11(9)13-16-14(18-17-13)19-4-2-3-10-5-15-6-12(10)19/h7-8,10,12,15H,2-6H2,1H3,(H,16,17,18). The van der Waals surface area contributed by atoms with Gasteiger partial charge in [-0.2, -0.15) is 16.3 Å². The Balaban J connectivity index is 1.63. The van der Waals surface area contributed by atoms with Gasteiger partial charge in [0, 0.05) is 36.6 Å². The molecule has 6 heteroatoms. The maximum Gasteiger partial charge on any atom is 0.245 e. The Hall–Kier alpha value is -1.40. The number of nitrogens with one attached hydrogen (secondary N) is 2. The van der Waals surface area contributed by atoms with Crippen LogP contribution in [-0.4, -0.2) is 40.9 Å². The third-order valence-corrected chi connectivity index (χ3v) is 5.38. The van der Waals surface area contributed by atoms with E-state index in [-0.39, 0.29) is 0 Å². The van der Waals surface area contributed by atoms with Crippen LogP contribution in [0, 0.1) is 12.8 Å². The van der Waals surface area contributed by atoms with Gasteiger partial charge in [-0.25, -0.2) is 0 Å². The molecule has 2 saturated heterocycles. The van der Waals surface area contributed by atoms with E-state index in [1.807, 2.05) is 0 Å². The highest BCUT2D eigenvalue weighted by molar-refractivity contribution is 7.08. The van der Waals surface area contributed by atoms with E-state index in [0.29, 0.717) is 6.04 Å². The van der Waals surface area contributed by atoms with Gasteiger partial charge in [0.2, 0.25) is 5.95 Å². The third kappa shape index (κ3) is 1.94. The predicted molar refractivity (Wildman–Crippen MR) is 81.2 cm³/mol. The molecule has 5 nitrogen and oxygen atoms in total. The van der Waals surface area contributed by atoms with E-state index in [9.17, 15) is 0 Å². The Bertz CT molecular complexity index is 604. The zero-order chi connectivity index (χ0) is 13.5. The number of anilines is 1. The fourth-order valence-corrected chi connectivity index (χ4v) is 4.25. The summed E-state index contributed by atoms with van der Waals surface area (Å²) >= 11 is 1.71. The fraction of sp³-hybridized carbons (Fsp3) is 0.571. The lowest BCUT2D eigenvalue weighted by Crippen LogP contribution is -2.45. The van der Waals surface area contributed by atoms with E-state index in [1.54, 1.807) is 11.3 Å². The smallest absolute Gasteiger partial charge is 0.245 e. The normalized spacial score (nSPS) is 25.9. The van der Waals surface area contributed by atoms with Crippen molar-refractivity contribution >= 4 is 17.3 Å². The molecule has 2 aliphatic heterocycles. The van der Waals surface area contributed by atoms with Crippen LogP contribution >= 0.6 is 11.3 Å². The van der Waals surface area contributed by atoms with Gasteiger partial charge in [0.25, 0.3) is 0 Å². The first kappa shape index (κ1) is 12.3. The Kier molecular flexibility index (Phi) is 3.00. The average molecular weight is 289 g/mol. The number of aromatic nitrogens is 3. The van der Waals surface area contributed by atoms with Crippen LogP contribution in [0.4, 0.5) is 5.95 Å². The summed E-state index contributed by atoms with van der Waals surface area (Å²) in [6.45, 7) is 5.39. The van der Waals surface area contributed by atoms with Crippen molar-refractivity contribution in [2.24, 2.45) is 5.92 Å². The minimum absolute atomic E-state index is 0.566. The van der Waals surface area contributed by atoms with Crippen LogP contribution < -0.4 is 10.2 Å². The third-order valence-electron chi connectivity index (χ3n) is 4.52. The molecule has 106 valence electrons. The lowest BCUT2D eigenvalue weighted by molar-refractivity contribution is 0.381. The van der Waals surface area contributed by atoms with Crippen LogP contribution in [0.5, 0.6) is 0 Å². The molecule has 0 spiro atoms. The molecule has 0 aliphatic carbocycles. The molecule has 2 N–H and O–H groups in total. The van der Waals surface area contributed by atoms with Crippen LogP contribution in [0.3, 0.4) is 0 Å². The summed E-state index contributed by atoms with van der Waals surface area (Å²) in [6, 6.07) is 0.566. The van der Waals surface area contributed by atoms with E-state index >= 15 is 0 Å². The predicted octanol–water partition coefficient (Wildman–Crippen LogP) is 2.03. The number of thiophene rings is 1. The molecular formula is C14H19N5S. The number of fused-ring (bicyclic) bond motifs is 1. The molecule has 4 rings (SSSR count). The van der Waals surface area contributed by atoms with Gasteiger partial charge in [-0.15, -0.1) is 5.10 Å². The zero-order valence-electron chi connectivity index (χ0n) is 11.6. The Morgan fingerprint density at radius 1 is 1.35 bits per heavy atom. The second-order valence-corrected chi connectivity index (χ2v) is 6.52. The molecule has 2 aromatic rings. The largest absolute Gasteiger partial charge is 0.335 e. The molecule has 2 fully saturated rings. The second kappa shape index (κ2) is 4.86. The van der Waals surface area contributed by atoms with E-state index in [4.69, 9.17) is 4.98 Å². The highest BCUT2D eigenvalue weighted by atomic mass is 32.1. The second-order valence-electron chi connectivity index (χ2n) is 5.77. The van der Waals surface area contributed by atoms with Crippen LogP contribution in [0.15, 0.2) is 10.8 Å². The van der Waals surface area contributed by atoms with Gasteiger partial charge in [0.1, 0.15) is 0 Å². The van der Waals surface area contributed by atoms with Gasteiger partial charge >= 0.3 is 0 Å². The SMILES string of the molecule is Cc1cscc1-c1nc(N2CCCC3CNCC32)n[nH]1. The summed E-state index contributed by atoms with van der Waals surface area (Å²) in [4.78, 5) is 7.12. The number of rotatable bonds is 2. The molecule has 0 bridgehead atoms. The average Bonchev–Trinajstić information content (AvgIpc) is 3.17. The van der Waals surface area contributed by atoms with Crippen molar-refractivity contribution in [2.45, 2.75) is 25.8 Å². The molecule has 20 heavy (non-hydrogen) atoms. The maximum absolute atomic E-state index is 4.74. The number of nitrogens with zero attached hydrogens (tertiary/aromatic N) is 3. The van der Waals surface area contributed by atoms with Crippen molar-refractivity contribution in [2.75, 3.05) is 24.5 Å². The number of H-pyrrole nitrogens is 1. The summed E-state index contributed by atoms with van der Waals surface area (Å²) in [7, 11) is 0. The summed E-state index contributed by atoms with van der Waals surface area (Å²) in [6.07, 6.45) is 2.57. The molecule has 0 aromatic carbocycles. The number of aromatic amines is 1. The van der Waals surface area contributed by atoms with Gasteiger partial charge in [0.05, 0.1) is 0 Å². The van der Waals surface area contributed by atoms with Gasteiger partial charge in [-0.1, -0.05) is 0 Å². The molecule has 4 heterocycles. The Morgan fingerprint density at radius 2 is 2.30 bits per heavy atom. The molecule has 2 unspecified atom stereocenters. The maximum atomic E-state index is 4.74. The molecule has 0 amide bonds. The van der Waals surface area contributed by atoms with Gasteiger partial charge < -0.3 is 10.2 Å². The molecule has 2 aliphatic rings. The van der Waals surface area contributed by atoms with E-state index in [1.165, 1.54) is 24.0 Å². The van der Waals surface area contributed by atoms with E-state index in [2.05, 4.69) is 38.1 Å². The number of aryl methyl sites for hydroxylation is 1. The Labute approximate surface area is 122 Å². The van der Waals surface area contributed by atoms with Crippen molar-refractivity contribution in [3.8, 4) is 11.4 Å². The molecule has 2 aromatic heterocycles. The molecule has 0 radical (unpaired) electrons. The lowest BCUT2D eigenvalue weighted by Gasteiger charge is -2.36. The van der Waals surface area contributed by atoms with Crippen molar-refractivity contribution in [3.63, 3.8) is 0 Å². The topological polar surface area (TPSA) is 56.8 Å². The van der Waals surface area contributed by atoms with Crippen LogP contribution in [0.2, 0.25) is 0 Å². The van der Waals surface area contributed by atoms with Crippen molar-refractivity contribution in [3.05, 3.63) is 16.3 Å². The van der Waals surface area contributed by atoms with Crippen molar-refractivity contribution in [1.82, 2.24) is 20.5 Å². The number of hydrogen-bond acceptors (Lipinski definition) is 5. The summed E-state index contributed by atoms with van der Waals surface area (Å²) < 4.78 is 0. The zero-order valence-corrected chi connectivity index (χ0v) is 12.4. The van der Waals surface area contributed by atoms with Gasteiger partial charge in [-0.3, -0.25) is 5.10 Å². The van der Waals surface area contributed by atoms with Crippen LogP contribution in [0.1, 0.15) is 18.4 Å². The van der Waals surface area contributed by atoms with Crippen molar-refractivity contribution in [1.29, 1.82) is 0 Å². The monoisotopic (exact) mass is 289 g/mol. The minimum Gasteiger partial charge on any atom is -0.335 e. The number of piperidine rings is 1. The first-order chi connectivity index (χ1) is 9.83.